The molecule has 0 fully saturated rings. The summed E-state index contributed by atoms with van der Waals surface area (Å²) in [6, 6.07) is 3.67. The van der Waals surface area contributed by atoms with Crippen LogP contribution in [-0.4, -0.2) is 25.1 Å². The van der Waals surface area contributed by atoms with Crippen LogP contribution in [0.25, 0.3) is 0 Å². The zero-order valence-corrected chi connectivity index (χ0v) is 12.5. The number of nitrogen functional groups attached to an aromatic ring is 1. The number of anilines is 2. The molecule has 112 valence electrons. The van der Waals surface area contributed by atoms with Crippen molar-refractivity contribution in [1.82, 2.24) is 4.98 Å². The highest BCUT2D eigenvalue weighted by Gasteiger charge is 2.19. The van der Waals surface area contributed by atoms with E-state index in [9.17, 15) is 4.79 Å². The second kappa shape index (κ2) is 6.31. The lowest BCUT2D eigenvalue weighted by Gasteiger charge is -2.07. The van der Waals surface area contributed by atoms with Gasteiger partial charge in [-0.25, -0.2) is 4.98 Å². The summed E-state index contributed by atoms with van der Waals surface area (Å²) in [4.78, 5) is 15.6. The molecule has 0 unspecified atom stereocenters. The number of amides is 1. The second-order valence-electron chi connectivity index (χ2n) is 4.13. The van der Waals surface area contributed by atoms with Crippen molar-refractivity contribution < 1.29 is 14.3 Å². The van der Waals surface area contributed by atoms with E-state index in [4.69, 9.17) is 20.9 Å². The van der Waals surface area contributed by atoms with E-state index in [1.165, 1.54) is 18.4 Å². The number of thiophene rings is 1. The van der Waals surface area contributed by atoms with Crippen LogP contribution in [0.5, 0.6) is 11.6 Å². The number of hydrogen-bond acceptors (Lipinski definition) is 7. The van der Waals surface area contributed by atoms with Crippen LogP contribution in [0, 0.1) is 0 Å². The lowest BCUT2D eigenvalue weighted by atomic mass is 10.2. The lowest BCUT2D eigenvalue weighted by molar-refractivity contribution is 0.100. The Morgan fingerprint density at radius 3 is 2.81 bits per heavy atom. The number of carbonyl (C=O) groups excluding carboxylic acids is 1. The molecule has 0 aliphatic heterocycles. The van der Waals surface area contributed by atoms with Crippen LogP contribution < -0.4 is 26.3 Å². The number of nitrogens with one attached hydrogen (secondary N) is 1. The Balaban J connectivity index is 2.19. The lowest BCUT2D eigenvalue weighted by Crippen LogP contribution is -2.10. The summed E-state index contributed by atoms with van der Waals surface area (Å²) in [5, 5.41) is 3.82. The van der Waals surface area contributed by atoms with Gasteiger partial charge >= 0.3 is 0 Å². The van der Waals surface area contributed by atoms with Crippen LogP contribution in [0.15, 0.2) is 18.3 Å². The van der Waals surface area contributed by atoms with Crippen molar-refractivity contribution in [1.29, 1.82) is 0 Å². The first-order chi connectivity index (χ1) is 10.1. The van der Waals surface area contributed by atoms with E-state index in [0.29, 0.717) is 23.2 Å². The molecule has 5 N–H and O–H groups in total. The molecule has 0 aliphatic carbocycles. The molecule has 21 heavy (non-hydrogen) atoms. The molecule has 0 atom stereocenters. The number of methoxy groups -OCH3 is 2. The Labute approximate surface area is 125 Å². The van der Waals surface area contributed by atoms with Crippen molar-refractivity contribution in [2.75, 3.05) is 25.3 Å². The third-order valence-corrected chi connectivity index (χ3v) is 3.95. The average molecular weight is 308 g/mol. The van der Waals surface area contributed by atoms with Crippen LogP contribution in [0.1, 0.15) is 15.2 Å². The van der Waals surface area contributed by atoms with Gasteiger partial charge in [0.2, 0.25) is 5.88 Å². The van der Waals surface area contributed by atoms with Crippen LogP contribution >= 0.6 is 11.3 Å². The maximum absolute atomic E-state index is 11.3. The van der Waals surface area contributed by atoms with E-state index in [2.05, 4.69) is 10.3 Å². The Bertz CT molecular complexity index is 657. The van der Waals surface area contributed by atoms with Crippen LogP contribution in [-0.2, 0) is 6.54 Å². The number of ether oxygens (including phenoxy) is 2. The van der Waals surface area contributed by atoms with Crippen molar-refractivity contribution in [3.8, 4) is 11.6 Å². The average Bonchev–Trinajstić information content (AvgIpc) is 2.81. The molecular formula is C13H16N4O3S. The minimum Gasteiger partial charge on any atom is -0.492 e. The number of rotatable bonds is 6. The van der Waals surface area contributed by atoms with Gasteiger partial charge < -0.3 is 26.3 Å². The van der Waals surface area contributed by atoms with Gasteiger partial charge in [-0.05, 0) is 11.6 Å². The van der Waals surface area contributed by atoms with Gasteiger partial charge in [0.05, 0.1) is 14.2 Å². The van der Waals surface area contributed by atoms with Crippen LogP contribution in [0.4, 0.5) is 10.7 Å². The molecule has 0 saturated heterocycles. The Morgan fingerprint density at radius 1 is 1.43 bits per heavy atom. The van der Waals surface area contributed by atoms with Gasteiger partial charge in [-0.1, -0.05) is 0 Å². The molecule has 0 radical (unpaired) electrons. The monoisotopic (exact) mass is 308 g/mol. The number of hydrogen-bond donors (Lipinski definition) is 3. The first-order valence-corrected chi connectivity index (χ1v) is 6.87. The standard InChI is InChI=1S/C13H16N4O3S/c1-19-8-5-7(3-4-16-8)6-17-13-10(20-2)9(14)11(21-13)12(15)18/h3-5,17H,6,14H2,1-2H3,(H2,15,18). The third-order valence-electron chi connectivity index (χ3n) is 2.79. The fourth-order valence-electron chi connectivity index (χ4n) is 1.79. The molecular weight excluding hydrogens is 292 g/mol. The smallest absolute Gasteiger partial charge is 0.261 e. The van der Waals surface area contributed by atoms with E-state index in [-0.39, 0.29) is 10.6 Å². The zero-order valence-electron chi connectivity index (χ0n) is 11.7. The second-order valence-corrected chi connectivity index (χ2v) is 5.15. The molecule has 8 heteroatoms. The Kier molecular flexibility index (Phi) is 4.49. The van der Waals surface area contributed by atoms with Crippen molar-refractivity contribution in [3.05, 3.63) is 28.8 Å². The number of nitrogens with zero attached hydrogens (tertiary/aromatic N) is 1. The Morgan fingerprint density at radius 2 is 2.19 bits per heavy atom. The summed E-state index contributed by atoms with van der Waals surface area (Å²) in [6.45, 7) is 0.507. The van der Waals surface area contributed by atoms with Gasteiger partial charge in [0.15, 0.2) is 5.75 Å². The zero-order chi connectivity index (χ0) is 15.4. The minimum absolute atomic E-state index is 0.254. The molecule has 2 heterocycles. The first-order valence-electron chi connectivity index (χ1n) is 6.05. The summed E-state index contributed by atoms with van der Waals surface area (Å²) in [5.74, 6) is 0.383. The van der Waals surface area contributed by atoms with Crippen molar-refractivity contribution in [3.63, 3.8) is 0 Å². The predicted octanol–water partition coefficient (Wildman–Crippen LogP) is 1.45. The highest BCUT2D eigenvalue weighted by Crippen LogP contribution is 2.42. The fourth-order valence-corrected chi connectivity index (χ4v) is 2.72. The van der Waals surface area contributed by atoms with E-state index < -0.39 is 5.91 Å². The van der Waals surface area contributed by atoms with Gasteiger partial charge in [-0.2, -0.15) is 0 Å². The summed E-state index contributed by atoms with van der Waals surface area (Å²) in [5.41, 5.74) is 12.3. The topological polar surface area (TPSA) is 112 Å². The van der Waals surface area contributed by atoms with Gasteiger partial charge in [-0.3, -0.25) is 4.79 Å². The molecule has 0 aliphatic rings. The maximum Gasteiger partial charge on any atom is 0.261 e. The quantitative estimate of drug-likeness (QED) is 0.744. The molecule has 2 rings (SSSR count). The fraction of sp³-hybridized carbons (Fsp3) is 0.231. The van der Waals surface area contributed by atoms with Crippen molar-refractivity contribution in [2.24, 2.45) is 5.73 Å². The molecule has 2 aromatic rings. The van der Waals surface area contributed by atoms with Gasteiger partial charge in [0, 0.05) is 18.8 Å². The van der Waals surface area contributed by atoms with Gasteiger partial charge in [-0.15, -0.1) is 11.3 Å². The predicted molar refractivity (Wildman–Crippen MR) is 81.9 cm³/mol. The summed E-state index contributed by atoms with van der Waals surface area (Å²) < 4.78 is 10.3. The minimum atomic E-state index is -0.575. The number of nitrogens with two attached hydrogens (primary N) is 2. The number of primary amides is 1. The molecule has 0 aromatic carbocycles. The van der Waals surface area contributed by atoms with Crippen LogP contribution in [0.3, 0.4) is 0 Å². The summed E-state index contributed by atoms with van der Waals surface area (Å²) in [6.07, 6.45) is 1.66. The van der Waals surface area contributed by atoms with Crippen LogP contribution in [0.2, 0.25) is 0 Å². The normalized spacial score (nSPS) is 10.2. The van der Waals surface area contributed by atoms with Crippen molar-refractivity contribution in [2.45, 2.75) is 6.54 Å². The largest absolute Gasteiger partial charge is 0.492 e. The highest BCUT2D eigenvalue weighted by molar-refractivity contribution is 7.19. The molecule has 0 spiro atoms. The van der Waals surface area contributed by atoms with E-state index >= 15 is 0 Å². The molecule has 0 bridgehead atoms. The molecule has 2 aromatic heterocycles. The third kappa shape index (κ3) is 3.16. The number of pyridine rings is 1. The molecule has 0 saturated carbocycles. The van der Waals surface area contributed by atoms with E-state index in [1.54, 1.807) is 13.3 Å². The molecule has 1 amide bonds. The highest BCUT2D eigenvalue weighted by atomic mass is 32.1. The number of aromatic nitrogens is 1. The van der Waals surface area contributed by atoms with Gasteiger partial charge in [0.25, 0.3) is 5.91 Å². The summed E-state index contributed by atoms with van der Waals surface area (Å²) >= 11 is 1.17. The van der Waals surface area contributed by atoms with E-state index in [1.807, 2.05) is 12.1 Å². The maximum atomic E-state index is 11.3. The van der Waals surface area contributed by atoms with Gasteiger partial charge in [0.1, 0.15) is 15.6 Å². The first kappa shape index (κ1) is 14.9. The summed E-state index contributed by atoms with van der Waals surface area (Å²) in [7, 11) is 3.05. The molecule has 7 nitrogen and oxygen atoms in total. The van der Waals surface area contributed by atoms with E-state index in [0.717, 1.165) is 5.56 Å². The Hall–Kier alpha value is -2.48. The number of carbonyl (C=O) groups is 1. The SMILES string of the molecule is COc1cc(CNc2sc(C(N)=O)c(N)c2OC)ccn1. The van der Waals surface area contributed by atoms with Crippen molar-refractivity contribution >= 4 is 27.9 Å².